The van der Waals surface area contributed by atoms with Crippen molar-refractivity contribution in [2.24, 2.45) is 5.73 Å². The Morgan fingerprint density at radius 1 is 1.47 bits per heavy atom. The molecule has 0 radical (unpaired) electrons. The van der Waals surface area contributed by atoms with Crippen LogP contribution in [0.4, 0.5) is 4.39 Å². The van der Waals surface area contributed by atoms with Crippen LogP contribution in [0.25, 0.3) is 0 Å². The van der Waals surface area contributed by atoms with Crippen molar-refractivity contribution < 1.29 is 9.50 Å². The maximum Gasteiger partial charge on any atom is 0.168 e. The fourth-order valence-corrected chi connectivity index (χ4v) is 2.32. The first kappa shape index (κ1) is 10.4. The van der Waals surface area contributed by atoms with Crippen LogP contribution in [0.15, 0.2) is 12.1 Å². The van der Waals surface area contributed by atoms with E-state index in [2.05, 4.69) is 0 Å². The summed E-state index contributed by atoms with van der Waals surface area (Å²) in [5.74, 6) is -0.754. The summed E-state index contributed by atoms with van der Waals surface area (Å²) in [6.07, 6.45) is 2.93. The lowest BCUT2D eigenvalue weighted by Crippen LogP contribution is -2.42. The Kier molecular flexibility index (Phi) is 2.43. The maximum atomic E-state index is 13.8. The predicted octanol–water partition coefficient (Wildman–Crippen LogP) is 2.22. The van der Waals surface area contributed by atoms with E-state index in [-0.39, 0.29) is 11.2 Å². The zero-order chi connectivity index (χ0) is 11.1. The molecule has 1 aliphatic carbocycles. The van der Waals surface area contributed by atoms with E-state index in [4.69, 9.17) is 5.73 Å². The maximum absolute atomic E-state index is 13.8. The molecule has 0 bridgehead atoms. The molecule has 0 unspecified atom stereocenters. The molecule has 0 atom stereocenters. The lowest BCUT2D eigenvalue weighted by molar-refractivity contribution is 0.242. The van der Waals surface area contributed by atoms with Gasteiger partial charge in [0, 0.05) is 12.0 Å². The first-order valence-electron chi connectivity index (χ1n) is 5.29. The molecule has 15 heavy (non-hydrogen) atoms. The van der Waals surface area contributed by atoms with Gasteiger partial charge in [-0.2, -0.15) is 0 Å². The molecule has 0 saturated heterocycles. The van der Waals surface area contributed by atoms with Gasteiger partial charge in [-0.3, -0.25) is 0 Å². The first-order valence-corrected chi connectivity index (χ1v) is 5.29. The highest BCUT2D eigenvalue weighted by Gasteiger charge is 2.40. The van der Waals surface area contributed by atoms with Crippen LogP contribution in [0.5, 0.6) is 5.75 Å². The summed E-state index contributed by atoms with van der Waals surface area (Å²) in [6, 6.07) is 3.25. The zero-order valence-corrected chi connectivity index (χ0v) is 8.89. The van der Waals surface area contributed by atoms with E-state index >= 15 is 0 Å². The van der Waals surface area contributed by atoms with E-state index in [0.29, 0.717) is 12.1 Å². The molecule has 82 valence electrons. The van der Waals surface area contributed by atoms with Gasteiger partial charge in [0.25, 0.3) is 0 Å². The largest absolute Gasteiger partial charge is 0.505 e. The number of aryl methyl sites for hydroxylation is 1. The molecule has 0 aromatic heterocycles. The van der Waals surface area contributed by atoms with E-state index in [0.717, 1.165) is 24.8 Å². The van der Waals surface area contributed by atoms with Gasteiger partial charge in [0.15, 0.2) is 11.6 Å². The highest BCUT2D eigenvalue weighted by atomic mass is 19.1. The van der Waals surface area contributed by atoms with Crippen LogP contribution < -0.4 is 5.73 Å². The zero-order valence-electron chi connectivity index (χ0n) is 8.89. The molecule has 1 saturated carbocycles. The number of aromatic hydroxyl groups is 1. The number of hydrogen-bond donors (Lipinski definition) is 2. The van der Waals surface area contributed by atoms with Gasteiger partial charge in [0.05, 0.1) is 0 Å². The lowest BCUT2D eigenvalue weighted by Gasteiger charge is -2.41. The van der Waals surface area contributed by atoms with Gasteiger partial charge in [-0.1, -0.05) is 12.5 Å². The Balaban J connectivity index is 2.51. The smallest absolute Gasteiger partial charge is 0.168 e. The van der Waals surface area contributed by atoms with Gasteiger partial charge in [0.2, 0.25) is 0 Å². The summed E-state index contributed by atoms with van der Waals surface area (Å²) >= 11 is 0. The number of hydrogen-bond acceptors (Lipinski definition) is 2. The molecule has 0 heterocycles. The first-order chi connectivity index (χ1) is 7.09. The summed E-state index contributed by atoms with van der Waals surface area (Å²) < 4.78 is 13.8. The van der Waals surface area contributed by atoms with E-state index < -0.39 is 5.82 Å². The molecule has 1 fully saturated rings. The quantitative estimate of drug-likeness (QED) is 0.784. The van der Waals surface area contributed by atoms with Crippen LogP contribution >= 0.6 is 0 Å². The molecule has 1 aliphatic rings. The Morgan fingerprint density at radius 3 is 2.60 bits per heavy atom. The van der Waals surface area contributed by atoms with Crippen molar-refractivity contribution in [3.8, 4) is 5.75 Å². The minimum Gasteiger partial charge on any atom is -0.505 e. The summed E-state index contributed by atoms with van der Waals surface area (Å²) in [7, 11) is 0. The van der Waals surface area contributed by atoms with Crippen molar-refractivity contribution in [3.05, 3.63) is 29.1 Å². The van der Waals surface area contributed by atoms with Gasteiger partial charge in [-0.25, -0.2) is 4.39 Å². The highest BCUT2D eigenvalue weighted by molar-refractivity contribution is 5.40. The standard InChI is InChI=1S/C12H16FNO/c1-8-5-9(11(13)10(15)6-8)12(7-14)3-2-4-12/h5-6,15H,2-4,7,14H2,1H3. The summed E-state index contributed by atoms with van der Waals surface area (Å²) in [5.41, 5.74) is 6.96. The van der Waals surface area contributed by atoms with Crippen molar-refractivity contribution >= 4 is 0 Å². The summed E-state index contributed by atoms with van der Waals surface area (Å²) in [5, 5.41) is 9.44. The average Bonchev–Trinajstić information content (AvgIpc) is 2.12. The third kappa shape index (κ3) is 1.51. The molecule has 2 nitrogen and oxygen atoms in total. The number of phenolic OH excluding ortho intramolecular Hbond substituents is 1. The Morgan fingerprint density at radius 2 is 2.13 bits per heavy atom. The Hall–Kier alpha value is -1.09. The monoisotopic (exact) mass is 209 g/mol. The number of benzene rings is 1. The lowest BCUT2D eigenvalue weighted by atomic mass is 9.64. The summed E-state index contributed by atoms with van der Waals surface area (Å²) in [6.45, 7) is 2.30. The molecule has 0 aliphatic heterocycles. The van der Waals surface area contributed by atoms with Crippen molar-refractivity contribution in [1.82, 2.24) is 0 Å². The third-order valence-corrected chi connectivity index (χ3v) is 3.47. The normalized spacial score (nSPS) is 18.6. The number of phenols is 1. The van der Waals surface area contributed by atoms with Gasteiger partial charge in [-0.15, -0.1) is 0 Å². The minimum absolute atomic E-state index is 0.229. The second-order valence-electron chi connectivity index (χ2n) is 4.48. The van der Waals surface area contributed by atoms with Crippen LogP contribution in [0.1, 0.15) is 30.4 Å². The molecular formula is C12H16FNO. The van der Waals surface area contributed by atoms with E-state index in [1.54, 1.807) is 6.07 Å². The molecular weight excluding hydrogens is 193 g/mol. The van der Waals surface area contributed by atoms with Gasteiger partial charge in [0.1, 0.15) is 0 Å². The molecule has 0 amide bonds. The van der Waals surface area contributed by atoms with Crippen molar-refractivity contribution in [3.63, 3.8) is 0 Å². The van der Waals surface area contributed by atoms with Crippen LogP contribution in [0.2, 0.25) is 0 Å². The third-order valence-electron chi connectivity index (χ3n) is 3.47. The van der Waals surface area contributed by atoms with E-state index in [1.165, 1.54) is 6.07 Å². The average molecular weight is 209 g/mol. The summed E-state index contributed by atoms with van der Waals surface area (Å²) in [4.78, 5) is 0. The molecule has 3 N–H and O–H groups in total. The van der Waals surface area contributed by atoms with E-state index in [9.17, 15) is 9.50 Å². The Bertz CT molecular complexity index is 380. The number of halogens is 1. The number of rotatable bonds is 2. The predicted molar refractivity (Wildman–Crippen MR) is 57.4 cm³/mol. The molecule has 3 heteroatoms. The van der Waals surface area contributed by atoms with E-state index in [1.807, 2.05) is 6.92 Å². The van der Waals surface area contributed by atoms with Crippen LogP contribution in [0, 0.1) is 12.7 Å². The van der Waals surface area contributed by atoms with Crippen LogP contribution in [0.3, 0.4) is 0 Å². The fourth-order valence-electron chi connectivity index (χ4n) is 2.32. The second-order valence-corrected chi connectivity index (χ2v) is 4.48. The van der Waals surface area contributed by atoms with Gasteiger partial charge >= 0.3 is 0 Å². The van der Waals surface area contributed by atoms with Crippen molar-refractivity contribution in [2.45, 2.75) is 31.6 Å². The molecule has 2 rings (SSSR count). The number of nitrogens with two attached hydrogens (primary N) is 1. The van der Waals surface area contributed by atoms with Crippen molar-refractivity contribution in [2.75, 3.05) is 6.54 Å². The molecule has 1 aromatic carbocycles. The Labute approximate surface area is 88.9 Å². The SMILES string of the molecule is Cc1cc(O)c(F)c(C2(CN)CCC2)c1. The molecule has 1 aromatic rings. The van der Waals surface area contributed by atoms with Crippen molar-refractivity contribution in [1.29, 1.82) is 0 Å². The minimum atomic E-state index is -0.495. The fraction of sp³-hybridized carbons (Fsp3) is 0.500. The highest BCUT2D eigenvalue weighted by Crippen LogP contribution is 2.45. The molecule has 0 spiro atoms. The van der Waals surface area contributed by atoms with Crippen LogP contribution in [-0.4, -0.2) is 11.7 Å². The van der Waals surface area contributed by atoms with Crippen LogP contribution in [-0.2, 0) is 5.41 Å². The second kappa shape index (κ2) is 3.49. The van der Waals surface area contributed by atoms with Gasteiger partial charge < -0.3 is 10.8 Å². The topological polar surface area (TPSA) is 46.2 Å². The van der Waals surface area contributed by atoms with Gasteiger partial charge in [-0.05, 0) is 37.0 Å².